The second-order valence-corrected chi connectivity index (χ2v) is 8.07. The molecule has 0 aromatic heterocycles. The SMILES string of the molecule is CCOC(=O)COc1cc(Br)c(/C=C2/NC(=O)N(Cc3cccc(C)c3)C2=O)cc1OCC. The molecule has 0 atom stereocenters. The van der Waals surface area contributed by atoms with E-state index in [4.69, 9.17) is 14.2 Å². The number of nitrogens with zero attached hydrogens (tertiary/aromatic N) is 1. The second kappa shape index (κ2) is 11.0. The monoisotopic (exact) mass is 516 g/mol. The molecule has 3 rings (SSSR count). The summed E-state index contributed by atoms with van der Waals surface area (Å²) in [6.07, 6.45) is 1.57. The van der Waals surface area contributed by atoms with Gasteiger partial charge in [-0.1, -0.05) is 45.8 Å². The maximum atomic E-state index is 12.9. The Morgan fingerprint density at radius 1 is 1.09 bits per heavy atom. The Hall–Kier alpha value is -3.33. The summed E-state index contributed by atoms with van der Waals surface area (Å²) < 4.78 is 16.7. The third-order valence-corrected chi connectivity index (χ3v) is 5.39. The topological polar surface area (TPSA) is 94.2 Å². The van der Waals surface area contributed by atoms with Gasteiger partial charge in [-0.2, -0.15) is 0 Å². The molecule has 2 aromatic carbocycles. The molecule has 174 valence electrons. The van der Waals surface area contributed by atoms with Crippen LogP contribution >= 0.6 is 15.9 Å². The molecular formula is C24H25BrN2O6. The van der Waals surface area contributed by atoms with Gasteiger partial charge in [0.15, 0.2) is 18.1 Å². The Bertz CT molecular complexity index is 1100. The van der Waals surface area contributed by atoms with Crippen LogP contribution in [0.3, 0.4) is 0 Å². The van der Waals surface area contributed by atoms with Gasteiger partial charge in [0.05, 0.1) is 19.8 Å². The van der Waals surface area contributed by atoms with Crippen molar-refractivity contribution in [2.75, 3.05) is 19.8 Å². The molecule has 9 heteroatoms. The number of esters is 1. The summed E-state index contributed by atoms with van der Waals surface area (Å²) in [4.78, 5) is 38.1. The fourth-order valence-corrected chi connectivity index (χ4v) is 3.68. The number of aryl methyl sites for hydroxylation is 1. The first-order valence-electron chi connectivity index (χ1n) is 10.5. The summed E-state index contributed by atoms with van der Waals surface area (Å²) in [7, 11) is 0. The van der Waals surface area contributed by atoms with Gasteiger partial charge in [-0.3, -0.25) is 9.69 Å². The number of urea groups is 1. The maximum absolute atomic E-state index is 12.9. The van der Waals surface area contributed by atoms with Gasteiger partial charge in [-0.15, -0.1) is 0 Å². The van der Waals surface area contributed by atoms with Crippen molar-refractivity contribution in [2.24, 2.45) is 0 Å². The Morgan fingerprint density at radius 2 is 1.85 bits per heavy atom. The molecule has 0 radical (unpaired) electrons. The fraction of sp³-hybridized carbons (Fsp3) is 0.292. The number of nitrogens with one attached hydrogen (secondary N) is 1. The molecule has 1 fully saturated rings. The molecule has 1 aliphatic rings. The van der Waals surface area contributed by atoms with Crippen molar-refractivity contribution >= 4 is 39.9 Å². The van der Waals surface area contributed by atoms with E-state index >= 15 is 0 Å². The van der Waals surface area contributed by atoms with E-state index in [2.05, 4.69) is 21.2 Å². The molecule has 0 spiro atoms. The van der Waals surface area contributed by atoms with Crippen LogP contribution in [0.15, 0.2) is 46.6 Å². The van der Waals surface area contributed by atoms with Gasteiger partial charge < -0.3 is 19.5 Å². The Labute approximate surface area is 200 Å². The molecule has 1 saturated heterocycles. The first kappa shape index (κ1) is 24.3. The quantitative estimate of drug-likeness (QED) is 0.305. The van der Waals surface area contributed by atoms with Gasteiger partial charge >= 0.3 is 12.0 Å². The number of benzene rings is 2. The van der Waals surface area contributed by atoms with Crippen molar-refractivity contribution in [3.63, 3.8) is 0 Å². The predicted molar refractivity (Wildman–Crippen MR) is 126 cm³/mol. The van der Waals surface area contributed by atoms with Gasteiger partial charge in [0, 0.05) is 4.47 Å². The van der Waals surface area contributed by atoms with Crippen LogP contribution in [-0.4, -0.2) is 42.6 Å². The molecule has 1 aliphatic heterocycles. The lowest BCUT2D eigenvalue weighted by Gasteiger charge is -2.14. The number of ether oxygens (including phenoxy) is 3. The van der Waals surface area contributed by atoms with Crippen molar-refractivity contribution in [2.45, 2.75) is 27.3 Å². The molecular weight excluding hydrogens is 492 g/mol. The van der Waals surface area contributed by atoms with Crippen LogP contribution in [0.5, 0.6) is 11.5 Å². The molecule has 0 aliphatic carbocycles. The summed E-state index contributed by atoms with van der Waals surface area (Å²) in [6.45, 7) is 6.03. The number of hydrogen-bond acceptors (Lipinski definition) is 6. The highest BCUT2D eigenvalue weighted by atomic mass is 79.9. The molecule has 1 heterocycles. The van der Waals surface area contributed by atoms with E-state index in [1.54, 1.807) is 25.1 Å². The van der Waals surface area contributed by atoms with E-state index in [0.717, 1.165) is 16.0 Å². The lowest BCUT2D eigenvalue weighted by molar-refractivity contribution is -0.145. The standard InChI is InChI=1S/C24H25BrN2O6/c1-4-31-20-11-17(18(25)12-21(20)33-14-22(28)32-5-2)10-19-23(29)27(24(30)26-19)13-16-8-6-7-15(3)9-16/h6-12H,4-5,13-14H2,1-3H3,(H,26,30)/b19-10+. The third kappa shape index (κ3) is 6.13. The van der Waals surface area contributed by atoms with Gasteiger partial charge in [-0.05, 0) is 50.1 Å². The molecule has 3 amide bonds. The molecule has 2 aromatic rings. The zero-order chi connectivity index (χ0) is 24.0. The number of hydrogen-bond donors (Lipinski definition) is 1. The van der Waals surface area contributed by atoms with Crippen LogP contribution in [-0.2, 0) is 20.9 Å². The lowest BCUT2D eigenvalue weighted by atomic mass is 10.1. The summed E-state index contributed by atoms with van der Waals surface area (Å²) in [6, 6.07) is 10.5. The average Bonchev–Trinajstić information content (AvgIpc) is 3.02. The number of amides is 3. The van der Waals surface area contributed by atoms with Gasteiger partial charge in [0.2, 0.25) is 0 Å². The molecule has 8 nitrogen and oxygen atoms in total. The highest BCUT2D eigenvalue weighted by molar-refractivity contribution is 9.10. The van der Waals surface area contributed by atoms with Crippen molar-refractivity contribution in [3.8, 4) is 11.5 Å². The molecule has 1 N–H and O–H groups in total. The van der Waals surface area contributed by atoms with Crippen molar-refractivity contribution in [1.82, 2.24) is 10.2 Å². The van der Waals surface area contributed by atoms with E-state index < -0.39 is 17.9 Å². The summed E-state index contributed by atoms with van der Waals surface area (Å²) in [5.74, 6) is -0.170. The van der Waals surface area contributed by atoms with Crippen LogP contribution < -0.4 is 14.8 Å². The normalized spacial score (nSPS) is 14.4. The number of carbonyl (C=O) groups is 3. The zero-order valence-electron chi connectivity index (χ0n) is 18.6. The van der Waals surface area contributed by atoms with E-state index in [1.807, 2.05) is 38.1 Å². The smallest absolute Gasteiger partial charge is 0.344 e. The van der Waals surface area contributed by atoms with E-state index in [9.17, 15) is 14.4 Å². The molecule has 0 bridgehead atoms. The highest BCUT2D eigenvalue weighted by Crippen LogP contribution is 2.35. The van der Waals surface area contributed by atoms with E-state index in [0.29, 0.717) is 28.1 Å². The Kier molecular flexibility index (Phi) is 8.11. The van der Waals surface area contributed by atoms with Gasteiger partial charge in [0.1, 0.15) is 5.70 Å². The lowest BCUT2D eigenvalue weighted by Crippen LogP contribution is -2.30. The van der Waals surface area contributed by atoms with Crippen LogP contribution in [0.1, 0.15) is 30.5 Å². The first-order chi connectivity index (χ1) is 15.8. The fourth-order valence-electron chi connectivity index (χ4n) is 3.25. The van der Waals surface area contributed by atoms with Crippen molar-refractivity contribution < 1.29 is 28.6 Å². The van der Waals surface area contributed by atoms with Crippen LogP contribution in [0.4, 0.5) is 4.79 Å². The van der Waals surface area contributed by atoms with Gasteiger partial charge in [0.25, 0.3) is 5.91 Å². The molecule has 33 heavy (non-hydrogen) atoms. The third-order valence-electron chi connectivity index (χ3n) is 4.70. The zero-order valence-corrected chi connectivity index (χ0v) is 20.2. The van der Waals surface area contributed by atoms with E-state index in [-0.39, 0.29) is 25.5 Å². The highest BCUT2D eigenvalue weighted by Gasteiger charge is 2.33. The summed E-state index contributed by atoms with van der Waals surface area (Å²) >= 11 is 3.46. The average molecular weight is 517 g/mol. The van der Waals surface area contributed by atoms with Crippen LogP contribution in [0, 0.1) is 6.92 Å². The maximum Gasteiger partial charge on any atom is 0.344 e. The number of carbonyl (C=O) groups excluding carboxylic acids is 3. The second-order valence-electron chi connectivity index (χ2n) is 7.22. The Balaban J connectivity index is 1.82. The number of imide groups is 1. The summed E-state index contributed by atoms with van der Waals surface area (Å²) in [5.41, 5.74) is 2.66. The van der Waals surface area contributed by atoms with Crippen LogP contribution in [0.25, 0.3) is 6.08 Å². The number of rotatable bonds is 9. The van der Waals surface area contributed by atoms with Crippen LogP contribution in [0.2, 0.25) is 0 Å². The number of halogens is 1. The minimum absolute atomic E-state index is 0.149. The van der Waals surface area contributed by atoms with Crippen molar-refractivity contribution in [3.05, 3.63) is 63.3 Å². The molecule has 0 saturated carbocycles. The minimum Gasteiger partial charge on any atom is -0.490 e. The Morgan fingerprint density at radius 3 is 2.55 bits per heavy atom. The first-order valence-corrected chi connectivity index (χ1v) is 11.3. The summed E-state index contributed by atoms with van der Waals surface area (Å²) in [5, 5.41) is 2.63. The predicted octanol–water partition coefficient (Wildman–Crippen LogP) is 4.19. The molecule has 0 unspecified atom stereocenters. The van der Waals surface area contributed by atoms with Crippen molar-refractivity contribution in [1.29, 1.82) is 0 Å². The minimum atomic E-state index is -0.491. The van der Waals surface area contributed by atoms with Gasteiger partial charge in [-0.25, -0.2) is 9.59 Å². The van der Waals surface area contributed by atoms with E-state index in [1.165, 1.54) is 0 Å². The largest absolute Gasteiger partial charge is 0.490 e.